The van der Waals surface area contributed by atoms with Crippen LogP contribution in [0.3, 0.4) is 0 Å². The van der Waals surface area contributed by atoms with Crippen molar-refractivity contribution in [3.8, 4) is 0 Å². The van der Waals surface area contributed by atoms with Crippen LogP contribution in [0.2, 0.25) is 38.3 Å². The highest BCUT2D eigenvalue weighted by Gasteiger charge is 2.42. The minimum absolute atomic E-state index is 0.243. The van der Waals surface area contributed by atoms with Crippen LogP contribution < -0.4 is 0 Å². The zero-order chi connectivity index (χ0) is 23.5. The molecule has 1 aliphatic rings. The predicted molar refractivity (Wildman–Crippen MR) is 130 cm³/mol. The minimum Gasteiger partial charge on any atom is -0.465 e. The fourth-order valence-corrected chi connectivity index (χ4v) is 21.3. The summed E-state index contributed by atoms with van der Waals surface area (Å²) in [4.78, 5) is 12.6. The van der Waals surface area contributed by atoms with Crippen molar-refractivity contribution in [2.75, 3.05) is 26.4 Å². The maximum Gasteiger partial charge on any atom is 0.501 e. The van der Waals surface area contributed by atoms with E-state index in [2.05, 4.69) is 0 Å². The van der Waals surface area contributed by atoms with Crippen LogP contribution >= 0.6 is 0 Å². The van der Waals surface area contributed by atoms with E-state index in [0.29, 0.717) is 44.9 Å². The van der Waals surface area contributed by atoms with Crippen molar-refractivity contribution in [2.45, 2.75) is 72.4 Å². The normalized spacial score (nSPS) is 28.6. The highest BCUT2D eigenvalue weighted by Crippen LogP contribution is 2.25. The predicted octanol–water partition coefficient (Wildman–Crippen LogP) is 2.31. The van der Waals surface area contributed by atoms with Crippen molar-refractivity contribution in [3.63, 3.8) is 0 Å². The van der Waals surface area contributed by atoms with Gasteiger partial charge in [0.1, 0.15) is 0 Å². The summed E-state index contributed by atoms with van der Waals surface area (Å²) in [7, 11) is -10.6. The first-order valence-corrected chi connectivity index (χ1v) is 22.1. The van der Waals surface area contributed by atoms with Gasteiger partial charge in [0.2, 0.25) is 0 Å². The quantitative estimate of drug-likeness (QED) is 0.202. The molecule has 184 valence electrons. The second-order valence-corrected chi connectivity index (χ2v) is 20.6. The van der Waals surface area contributed by atoms with E-state index in [1.807, 2.05) is 53.9 Å². The summed E-state index contributed by atoms with van der Waals surface area (Å²) in [6.07, 6.45) is 0.629. The van der Waals surface area contributed by atoms with Gasteiger partial charge in [0.25, 0.3) is 27.9 Å². The van der Waals surface area contributed by atoms with Crippen LogP contribution in [0.5, 0.6) is 0 Å². The molecule has 0 amide bonds. The van der Waals surface area contributed by atoms with Crippen molar-refractivity contribution in [3.05, 3.63) is 0 Å². The van der Waals surface area contributed by atoms with E-state index in [-0.39, 0.29) is 11.9 Å². The second-order valence-electron chi connectivity index (χ2n) is 7.70. The Morgan fingerprint density at radius 1 is 0.935 bits per heavy atom. The van der Waals surface area contributed by atoms with Crippen molar-refractivity contribution < 1.29 is 39.3 Å². The Balaban J connectivity index is 2.55. The lowest BCUT2D eigenvalue weighted by molar-refractivity contribution is -0.147. The fourth-order valence-electron chi connectivity index (χ4n) is 3.70. The molecule has 3 atom stereocenters. The molecule has 3 unspecified atom stereocenters. The highest BCUT2D eigenvalue weighted by molar-refractivity contribution is 6.81. The van der Waals surface area contributed by atoms with Gasteiger partial charge in [-0.3, -0.25) is 4.79 Å². The molecular weight excluding hydrogens is 489 g/mol. The smallest absolute Gasteiger partial charge is 0.465 e. The second kappa shape index (κ2) is 14.5. The van der Waals surface area contributed by atoms with Crippen LogP contribution in [0.1, 0.15) is 34.1 Å². The Morgan fingerprint density at radius 3 is 1.87 bits per heavy atom. The number of carbonyl (C=O) groups excluding carboxylic acids is 1. The molecule has 0 aromatic carbocycles. The van der Waals surface area contributed by atoms with Crippen LogP contribution in [0.25, 0.3) is 0 Å². The number of esters is 1. The van der Waals surface area contributed by atoms with E-state index in [9.17, 15) is 4.79 Å². The third-order valence-electron chi connectivity index (χ3n) is 4.64. The topological polar surface area (TPSA) is 90.9 Å². The summed E-state index contributed by atoms with van der Waals surface area (Å²) >= 11 is 0. The zero-order valence-corrected chi connectivity index (χ0v) is 25.9. The van der Waals surface area contributed by atoms with Gasteiger partial charge in [0, 0.05) is 31.9 Å². The van der Waals surface area contributed by atoms with Crippen LogP contribution in [0.15, 0.2) is 0 Å². The standard InChI is InChI=1S/C17H42O9Si5/c1-9-20-31(21-10-2,22-11-3)14-12-13-19-17(18)16(4)15-30(8)25-28(6)23-27(5)24-29(7)26-30/h16,27-29H,9-15H2,1-8H3. The monoisotopic (exact) mass is 530 g/mol. The summed E-state index contributed by atoms with van der Waals surface area (Å²) in [5, 5.41) is 0. The summed E-state index contributed by atoms with van der Waals surface area (Å²) in [6, 6.07) is 1.14. The van der Waals surface area contributed by atoms with Crippen LogP contribution in [0, 0.1) is 5.92 Å². The molecular formula is C17H42O9Si5. The maximum atomic E-state index is 12.6. The number of hydrogen-bond acceptors (Lipinski definition) is 9. The van der Waals surface area contributed by atoms with Gasteiger partial charge in [-0.1, -0.05) is 6.92 Å². The lowest BCUT2D eigenvalue weighted by Crippen LogP contribution is -2.54. The Kier molecular flexibility index (Phi) is 13.7. The molecule has 0 radical (unpaired) electrons. The largest absolute Gasteiger partial charge is 0.501 e. The van der Waals surface area contributed by atoms with E-state index in [1.165, 1.54) is 0 Å². The first kappa shape index (κ1) is 29.3. The molecule has 0 saturated carbocycles. The van der Waals surface area contributed by atoms with Gasteiger partial charge < -0.3 is 34.5 Å². The molecule has 9 nitrogen and oxygen atoms in total. The third kappa shape index (κ3) is 10.8. The molecule has 0 N–H and O–H groups in total. The summed E-state index contributed by atoms with van der Waals surface area (Å²) in [6.45, 7) is 17.5. The van der Waals surface area contributed by atoms with E-state index >= 15 is 0 Å². The molecule has 1 heterocycles. The molecule has 1 rings (SSSR count). The molecule has 31 heavy (non-hydrogen) atoms. The first-order valence-electron chi connectivity index (χ1n) is 11.3. The number of ether oxygens (including phenoxy) is 1. The van der Waals surface area contributed by atoms with Gasteiger partial charge in [0.05, 0.1) is 12.5 Å². The molecule has 0 spiro atoms. The SMILES string of the molecule is CCO[Si](CCCOC(=O)C(C)C[Si]1(C)O[SiH](C)O[SiH](C)O[SiH](C)O1)(OCC)OCC. The van der Waals surface area contributed by atoms with Crippen molar-refractivity contribution in [1.82, 2.24) is 0 Å². The fraction of sp³-hybridized carbons (Fsp3) is 0.941. The van der Waals surface area contributed by atoms with Gasteiger partial charge in [0.15, 0.2) is 0 Å². The Morgan fingerprint density at radius 2 is 1.42 bits per heavy atom. The van der Waals surface area contributed by atoms with E-state index in [4.69, 9.17) is 34.5 Å². The number of hydrogen-bond donors (Lipinski definition) is 0. The zero-order valence-electron chi connectivity index (χ0n) is 20.4. The van der Waals surface area contributed by atoms with E-state index < -0.39 is 45.2 Å². The van der Waals surface area contributed by atoms with Gasteiger partial charge in [-0.05, 0) is 53.4 Å². The molecule has 0 aromatic heterocycles. The lowest BCUT2D eigenvalue weighted by atomic mass is 10.2. The summed E-state index contributed by atoms with van der Waals surface area (Å²) in [5.74, 6) is -0.562. The van der Waals surface area contributed by atoms with Crippen molar-refractivity contribution in [2.24, 2.45) is 5.92 Å². The summed E-state index contributed by atoms with van der Waals surface area (Å²) < 4.78 is 47.5. The maximum absolute atomic E-state index is 12.6. The number of carbonyl (C=O) groups is 1. The average Bonchev–Trinajstić information content (AvgIpc) is 2.63. The van der Waals surface area contributed by atoms with Gasteiger partial charge in [-0.15, -0.1) is 0 Å². The van der Waals surface area contributed by atoms with E-state index in [1.54, 1.807) is 0 Å². The van der Waals surface area contributed by atoms with Gasteiger partial charge in [-0.25, -0.2) is 0 Å². The lowest BCUT2D eigenvalue weighted by Gasteiger charge is -2.37. The van der Waals surface area contributed by atoms with Crippen molar-refractivity contribution in [1.29, 1.82) is 0 Å². The Hall–Kier alpha value is 0.274. The third-order valence-corrected chi connectivity index (χ3v) is 21.9. The molecule has 14 heteroatoms. The van der Waals surface area contributed by atoms with Crippen LogP contribution in [0.4, 0.5) is 0 Å². The molecule has 0 bridgehead atoms. The molecule has 0 aliphatic carbocycles. The minimum atomic E-state index is -2.71. The molecule has 1 aliphatic heterocycles. The average molecular weight is 531 g/mol. The Bertz CT molecular complexity index is 499. The van der Waals surface area contributed by atoms with Crippen LogP contribution in [-0.4, -0.2) is 77.6 Å². The number of rotatable bonds is 13. The van der Waals surface area contributed by atoms with Crippen LogP contribution in [-0.2, 0) is 39.3 Å². The molecule has 1 fully saturated rings. The van der Waals surface area contributed by atoms with E-state index in [0.717, 1.165) is 0 Å². The Labute approximate surface area is 195 Å². The first-order chi connectivity index (χ1) is 14.6. The van der Waals surface area contributed by atoms with Crippen molar-refractivity contribution >= 4 is 51.2 Å². The summed E-state index contributed by atoms with van der Waals surface area (Å²) in [5.41, 5.74) is 0. The molecule has 0 aromatic rings. The van der Waals surface area contributed by atoms with Gasteiger partial charge in [-0.2, -0.15) is 0 Å². The van der Waals surface area contributed by atoms with Gasteiger partial charge >= 0.3 is 23.3 Å². The highest BCUT2D eigenvalue weighted by atomic mass is 28.5. The molecule has 1 saturated heterocycles.